The topological polar surface area (TPSA) is 78.7 Å². The van der Waals surface area contributed by atoms with Crippen LogP contribution in [0.3, 0.4) is 0 Å². The Morgan fingerprint density at radius 1 is 1.03 bits per heavy atom. The Labute approximate surface area is 195 Å². The van der Waals surface area contributed by atoms with Gasteiger partial charge in [-0.25, -0.2) is 4.99 Å². The Kier molecular flexibility index (Phi) is 8.40. The van der Waals surface area contributed by atoms with Gasteiger partial charge in [0.2, 0.25) is 5.85 Å². The fourth-order valence-corrected chi connectivity index (χ4v) is 2.75. The van der Waals surface area contributed by atoms with Crippen molar-refractivity contribution in [2.24, 2.45) is 4.99 Å². The molecule has 3 N–H and O–H groups in total. The molecule has 2 aromatic rings. The van der Waals surface area contributed by atoms with E-state index in [0.717, 1.165) is 16.9 Å². The molecule has 7 heteroatoms. The summed E-state index contributed by atoms with van der Waals surface area (Å²) >= 11 is 0. The quantitative estimate of drug-likeness (QED) is 0.185. The van der Waals surface area contributed by atoms with Crippen molar-refractivity contribution in [1.29, 1.82) is 5.41 Å². The Balaban J connectivity index is 2.02. The van der Waals surface area contributed by atoms with Gasteiger partial charge in [-0.3, -0.25) is 5.41 Å². The first-order valence-electron chi connectivity index (χ1n) is 10.6. The number of nitrogens with zero attached hydrogens (tertiary/aromatic N) is 1. The lowest BCUT2D eigenvalue weighted by atomic mass is 10.1. The van der Waals surface area contributed by atoms with E-state index in [0.29, 0.717) is 17.1 Å². The standard InChI is InChI=1S/C26H33FN4O2/c1-18(32-7)23(31-25(2,3)4)16-19-8-10-20(11-9-19)24(28)30-17-29-21-12-14-22(15-13-21)33-26(5,6)27/h8-17,31H,1H2,2-7H3,(H2,28,29,30)/b23-16-. The second kappa shape index (κ2) is 10.8. The van der Waals surface area contributed by atoms with Gasteiger partial charge in [-0.1, -0.05) is 30.8 Å². The van der Waals surface area contributed by atoms with Gasteiger partial charge in [0.25, 0.3) is 0 Å². The summed E-state index contributed by atoms with van der Waals surface area (Å²) < 4.78 is 24.0. The second-order valence-corrected chi connectivity index (χ2v) is 8.92. The Morgan fingerprint density at radius 2 is 1.64 bits per heavy atom. The molecule has 6 nitrogen and oxygen atoms in total. The molecule has 0 spiro atoms. The third-order valence-electron chi connectivity index (χ3n) is 4.19. The smallest absolute Gasteiger partial charge is 0.242 e. The lowest BCUT2D eigenvalue weighted by molar-refractivity contribution is -0.0256. The minimum absolute atomic E-state index is 0.117. The van der Waals surface area contributed by atoms with Crippen LogP contribution in [-0.4, -0.2) is 30.7 Å². The van der Waals surface area contributed by atoms with Crippen LogP contribution in [0.4, 0.5) is 10.1 Å². The summed E-state index contributed by atoms with van der Waals surface area (Å²) in [6, 6.07) is 14.3. The number of hydrogen-bond acceptors (Lipinski definition) is 4. The van der Waals surface area contributed by atoms with E-state index < -0.39 is 5.85 Å². The summed E-state index contributed by atoms with van der Waals surface area (Å²) in [6.07, 6.45) is 3.39. The van der Waals surface area contributed by atoms with Gasteiger partial charge in [0.15, 0.2) is 5.84 Å². The van der Waals surface area contributed by atoms with Crippen LogP contribution in [-0.2, 0) is 4.74 Å². The van der Waals surface area contributed by atoms with Crippen molar-refractivity contribution in [2.45, 2.75) is 46.0 Å². The van der Waals surface area contributed by atoms with Gasteiger partial charge in [0, 0.05) is 30.6 Å². The zero-order valence-electron chi connectivity index (χ0n) is 20.1. The highest BCUT2D eigenvalue weighted by molar-refractivity contribution is 6.02. The average Bonchev–Trinajstić information content (AvgIpc) is 2.72. The zero-order valence-corrected chi connectivity index (χ0v) is 20.1. The third kappa shape index (κ3) is 9.19. The van der Waals surface area contributed by atoms with Crippen molar-refractivity contribution in [1.82, 2.24) is 5.32 Å². The largest absolute Gasteiger partial charge is 0.495 e. The number of halogens is 1. The Hall–Kier alpha value is -3.61. The van der Waals surface area contributed by atoms with Gasteiger partial charge in [-0.15, -0.1) is 0 Å². The number of methoxy groups -OCH3 is 1. The van der Waals surface area contributed by atoms with Gasteiger partial charge in [0.1, 0.15) is 11.5 Å². The molecule has 0 unspecified atom stereocenters. The normalized spacial score (nSPS) is 12.4. The summed E-state index contributed by atoms with van der Waals surface area (Å²) in [7, 11) is 1.59. The minimum Gasteiger partial charge on any atom is -0.495 e. The zero-order chi connectivity index (χ0) is 24.6. The van der Waals surface area contributed by atoms with Crippen molar-refractivity contribution in [2.75, 3.05) is 12.4 Å². The van der Waals surface area contributed by atoms with E-state index in [4.69, 9.17) is 14.9 Å². The molecular formula is C26H33FN4O2. The van der Waals surface area contributed by atoms with Crippen LogP contribution in [0, 0.1) is 5.41 Å². The molecule has 0 fully saturated rings. The number of nitrogens with one attached hydrogen (secondary N) is 3. The van der Waals surface area contributed by atoms with Gasteiger partial charge < -0.3 is 20.1 Å². The van der Waals surface area contributed by atoms with Crippen LogP contribution in [0.1, 0.15) is 45.7 Å². The predicted molar refractivity (Wildman–Crippen MR) is 135 cm³/mol. The maximum absolute atomic E-state index is 13.5. The molecule has 0 aromatic heterocycles. The maximum Gasteiger partial charge on any atom is 0.242 e. The molecule has 0 saturated heterocycles. The van der Waals surface area contributed by atoms with Crippen LogP contribution in [0.2, 0.25) is 0 Å². The predicted octanol–water partition coefficient (Wildman–Crippen LogP) is 6.13. The molecule has 0 atom stereocenters. The summed E-state index contributed by atoms with van der Waals surface area (Å²) in [5, 5.41) is 14.6. The van der Waals surface area contributed by atoms with Crippen molar-refractivity contribution < 1.29 is 13.9 Å². The highest BCUT2D eigenvalue weighted by Crippen LogP contribution is 2.21. The van der Waals surface area contributed by atoms with Crippen LogP contribution in [0.15, 0.2) is 71.6 Å². The van der Waals surface area contributed by atoms with Crippen LogP contribution in [0.5, 0.6) is 5.75 Å². The number of aliphatic imine (C=N–C) groups is 1. The van der Waals surface area contributed by atoms with Crippen molar-refractivity contribution in [3.8, 4) is 5.75 Å². The number of hydrogen-bond donors (Lipinski definition) is 3. The summed E-state index contributed by atoms with van der Waals surface area (Å²) in [6.45, 7) is 12.8. The SMILES string of the molecule is C=C(OC)/C(=C/c1ccc(C(=N)/N=C\Nc2ccc(OC(C)(C)F)cc2)cc1)NC(C)(C)C. The van der Waals surface area contributed by atoms with Crippen molar-refractivity contribution in [3.63, 3.8) is 0 Å². The Morgan fingerprint density at radius 3 is 2.15 bits per heavy atom. The van der Waals surface area contributed by atoms with E-state index in [1.807, 2.05) is 30.3 Å². The third-order valence-corrected chi connectivity index (χ3v) is 4.19. The van der Waals surface area contributed by atoms with Gasteiger partial charge in [-0.2, -0.15) is 4.39 Å². The number of amidine groups is 1. The van der Waals surface area contributed by atoms with Gasteiger partial charge in [-0.05, 0) is 56.7 Å². The highest BCUT2D eigenvalue weighted by atomic mass is 19.2. The van der Waals surface area contributed by atoms with E-state index >= 15 is 0 Å². The fourth-order valence-electron chi connectivity index (χ4n) is 2.75. The molecule has 0 aliphatic rings. The molecule has 0 aliphatic heterocycles. The number of benzene rings is 2. The van der Waals surface area contributed by atoms with E-state index in [1.165, 1.54) is 20.2 Å². The first-order valence-corrected chi connectivity index (χ1v) is 10.6. The van der Waals surface area contributed by atoms with Crippen molar-refractivity contribution >= 4 is 23.9 Å². The molecule has 0 radical (unpaired) electrons. The molecule has 0 amide bonds. The van der Waals surface area contributed by atoms with E-state index in [9.17, 15) is 4.39 Å². The number of ether oxygens (including phenoxy) is 2. The summed E-state index contributed by atoms with van der Waals surface area (Å²) in [5.74, 6) is -0.641. The Bertz CT molecular complexity index is 1010. The number of rotatable bonds is 9. The molecule has 0 bridgehead atoms. The molecule has 0 heterocycles. The lowest BCUT2D eigenvalue weighted by Gasteiger charge is -2.25. The maximum atomic E-state index is 13.5. The highest BCUT2D eigenvalue weighted by Gasteiger charge is 2.16. The fraction of sp³-hybridized carbons (Fsp3) is 0.308. The average molecular weight is 453 g/mol. The minimum atomic E-state index is -1.74. The number of anilines is 1. The molecule has 0 saturated carbocycles. The van der Waals surface area contributed by atoms with Crippen LogP contribution < -0.4 is 15.4 Å². The monoisotopic (exact) mass is 452 g/mol. The lowest BCUT2D eigenvalue weighted by Crippen LogP contribution is -2.35. The first kappa shape index (κ1) is 25.6. The molecule has 2 rings (SSSR count). The van der Waals surface area contributed by atoms with Crippen LogP contribution in [0.25, 0.3) is 6.08 Å². The first-order chi connectivity index (χ1) is 15.4. The molecule has 0 aliphatic carbocycles. The molecule has 2 aromatic carbocycles. The van der Waals surface area contributed by atoms with Crippen LogP contribution >= 0.6 is 0 Å². The van der Waals surface area contributed by atoms with E-state index in [2.05, 4.69) is 43.0 Å². The summed E-state index contributed by atoms with van der Waals surface area (Å²) in [4.78, 5) is 4.15. The van der Waals surface area contributed by atoms with E-state index in [-0.39, 0.29) is 11.4 Å². The van der Waals surface area contributed by atoms with E-state index in [1.54, 1.807) is 31.4 Å². The molecule has 33 heavy (non-hydrogen) atoms. The van der Waals surface area contributed by atoms with Crippen molar-refractivity contribution in [3.05, 3.63) is 77.7 Å². The summed E-state index contributed by atoms with van der Waals surface area (Å²) in [5.41, 5.74) is 3.01. The molecule has 176 valence electrons. The second-order valence-electron chi connectivity index (χ2n) is 8.92. The van der Waals surface area contributed by atoms with Gasteiger partial charge >= 0.3 is 0 Å². The van der Waals surface area contributed by atoms with Gasteiger partial charge in [0.05, 0.1) is 19.1 Å². The molecular weight excluding hydrogens is 419 g/mol. The number of alkyl halides is 1.